The zero-order valence-electron chi connectivity index (χ0n) is 21.0. The van der Waals surface area contributed by atoms with Crippen molar-refractivity contribution in [2.75, 3.05) is 13.6 Å². The Bertz CT molecular complexity index is 1730. The van der Waals surface area contributed by atoms with Crippen molar-refractivity contribution >= 4 is 33.3 Å². The van der Waals surface area contributed by atoms with Gasteiger partial charge in [-0.2, -0.15) is 23.5 Å². The SMILES string of the molecule is CN=C(NS(=O)(=O)c1cccc(C(F)(F)F)c1)N1CC(O)(c2ccc(-c3nn[nH]n3)cc2)C(c2ccc(Cl)cc2)=N1. The molecule has 16 heteroatoms. The Morgan fingerprint density at radius 3 is 2.39 bits per heavy atom. The van der Waals surface area contributed by atoms with Gasteiger partial charge in [0.25, 0.3) is 10.0 Å². The number of benzene rings is 3. The van der Waals surface area contributed by atoms with Crippen molar-refractivity contribution in [3.05, 3.63) is 94.5 Å². The quantitative estimate of drug-likeness (QED) is 0.233. The van der Waals surface area contributed by atoms with Gasteiger partial charge in [0.2, 0.25) is 11.8 Å². The number of nitrogens with one attached hydrogen (secondary N) is 2. The fraction of sp³-hybridized carbons (Fsp3) is 0.160. The van der Waals surface area contributed by atoms with E-state index in [9.17, 15) is 26.7 Å². The molecular formula is C25H20ClF3N8O3S. The van der Waals surface area contributed by atoms with E-state index in [4.69, 9.17) is 11.6 Å². The van der Waals surface area contributed by atoms with Gasteiger partial charge in [-0.05, 0) is 41.1 Å². The van der Waals surface area contributed by atoms with Gasteiger partial charge in [0.1, 0.15) is 5.71 Å². The summed E-state index contributed by atoms with van der Waals surface area (Å²) in [5, 5.41) is 31.8. The zero-order chi connectivity index (χ0) is 29.4. The standard InChI is InChI=1S/C25H20ClF3N8O3S/c1-30-23(34-41(39,40)20-4-2-3-18(13-20)25(27,28)29)37-14-24(38,21(33-37)15-7-11-19(26)12-8-15)17-9-5-16(6-10-17)22-31-35-36-32-22/h2-13,38H,14H2,1H3,(H,30,34)(H,31,32,35,36). The van der Waals surface area contributed by atoms with Crippen molar-refractivity contribution in [1.82, 2.24) is 30.4 Å². The largest absolute Gasteiger partial charge is 0.416 e. The van der Waals surface area contributed by atoms with Gasteiger partial charge in [0.15, 0.2) is 5.60 Å². The molecule has 1 atom stereocenters. The Hall–Kier alpha value is -4.34. The highest BCUT2D eigenvalue weighted by atomic mass is 35.5. The molecule has 1 aliphatic rings. The molecule has 41 heavy (non-hydrogen) atoms. The van der Waals surface area contributed by atoms with Crippen molar-refractivity contribution in [2.45, 2.75) is 16.7 Å². The fourth-order valence-corrected chi connectivity index (χ4v) is 5.42. The maximum Gasteiger partial charge on any atom is 0.416 e. The lowest BCUT2D eigenvalue weighted by molar-refractivity contribution is -0.137. The van der Waals surface area contributed by atoms with Crippen LogP contribution < -0.4 is 4.72 Å². The molecular weight excluding hydrogens is 585 g/mol. The third-order valence-corrected chi connectivity index (χ3v) is 7.81. The molecule has 11 nitrogen and oxygen atoms in total. The Labute approximate surface area is 236 Å². The van der Waals surface area contributed by atoms with E-state index in [0.717, 1.165) is 23.2 Å². The van der Waals surface area contributed by atoms with Crippen molar-refractivity contribution in [1.29, 1.82) is 0 Å². The highest BCUT2D eigenvalue weighted by molar-refractivity contribution is 7.90. The van der Waals surface area contributed by atoms with Crippen molar-refractivity contribution in [2.24, 2.45) is 10.1 Å². The van der Waals surface area contributed by atoms with Crippen molar-refractivity contribution < 1.29 is 26.7 Å². The minimum Gasteiger partial charge on any atom is -0.377 e. The maximum atomic E-state index is 13.2. The van der Waals surface area contributed by atoms with E-state index in [1.54, 1.807) is 48.5 Å². The highest BCUT2D eigenvalue weighted by Gasteiger charge is 2.45. The lowest BCUT2D eigenvalue weighted by Crippen LogP contribution is -2.45. The average Bonchev–Trinajstić information content (AvgIpc) is 3.61. The predicted molar refractivity (Wildman–Crippen MR) is 143 cm³/mol. The predicted octanol–water partition coefficient (Wildman–Crippen LogP) is 3.41. The second-order valence-electron chi connectivity index (χ2n) is 8.86. The number of aliphatic imine (C=N–C) groups is 1. The van der Waals surface area contributed by atoms with Crippen LogP contribution in [-0.2, 0) is 21.8 Å². The molecule has 212 valence electrons. The number of hydrogen-bond donors (Lipinski definition) is 3. The van der Waals surface area contributed by atoms with E-state index in [2.05, 4.69) is 35.4 Å². The van der Waals surface area contributed by atoms with Crippen LogP contribution in [0, 0.1) is 0 Å². The van der Waals surface area contributed by atoms with Crippen LogP contribution in [0.4, 0.5) is 13.2 Å². The van der Waals surface area contributed by atoms with Crippen LogP contribution in [0.2, 0.25) is 5.02 Å². The molecule has 0 bridgehead atoms. The molecule has 0 aliphatic carbocycles. The first-order chi connectivity index (χ1) is 19.4. The number of hydrazone groups is 1. The highest BCUT2D eigenvalue weighted by Crippen LogP contribution is 2.35. The third kappa shape index (κ3) is 5.64. The Balaban J connectivity index is 1.50. The van der Waals surface area contributed by atoms with E-state index in [-0.39, 0.29) is 18.2 Å². The first-order valence-corrected chi connectivity index (χ1v) is 13.6. The maximum absolute atomic E-state index is 13.2. The summed E-state index contributed by atoms with van der Waals surface area (Å²) in [6, 6.07) is 16.4. The van der Waals surface area contributed by atoms with Gasteiger partial charge >= 0.3 is 6.18 Å². The lowest BCUT2D eigenvalue weighted by Gasteiger charge is -2.26. The van der Waals surface area contributed by atoms with Crippen LogP contribution in [0.5, 0.6) is 0 Å². The van der Waals surface area contributed by atoms with Gasteiger partial charge in [-0.3, -0.25) is 4.99 Å². The fourth-order valence-electron chi connectivity index (χ4n) is 4.20. The number of aromatic amines is 1. The van der Waals surface area contributed by atoms with Gasteiger partial charge in [-0.1, -0.05) is 54.1 Å². The summed E-state index contributed by atoms with van der Waals surface area (Å²) in [5.74, 6) is 0.0146. The molecule has 1 aliphatic heterocycles. The molecule has 4 aromatic rings. The van der Waals surface area contributed by atoms with E-state index < -0.39 is 32.3 Å². The number of guanidine groups is 1. The van der Waals surface area contributed by atoms with Gasteiger partial charge in [-0.15, -0.1) is 10.2 Å². The molecule has 0 amide bonds. The van der Waals surface area contributed by atoms with Gasteiger partial charge in [-0.25, -0.2) is 18.1 Å². The van der Waals surface area contributed by atoms with E-state index >= 15 is 0 Å². The van der Waals surface area contributed by atoms with Crippen LogP contribution in [-0.4, -0.2) is 64.4 Å². The Morgan fingerprint density at radius 2 is 1.78 bits per heavy atom. The summed E-state index contributed by atoms with van der Waals surface area (Å²) >= 11 is 6.05. The summed E-state index contributed by atoms with van der Waals surface area (Å²) in [6.07, 6.45) is -4.74. The number of halogens is 4. The first kappa shape index (κ1) is 28.2. The minimum atomic E-state index is -4.74. The van der Waals surface area contributed by atoms with Gasteiger partial charge in [0.05, 0.1) is 17.0 Å². The molecule has 0 spiro atoms. The number of aliphatic hydroxyl groups is 1. The molecule has 0 radical (unpaired) electrons. The van der Waals surface area contributed by atoms with Crippen LogP contribution >= 0.6 is 11.6 Å². The normalized spacial score (nSPS) is 18.0. The number of H-pyrrole nitrogens is 1. The monoisotopic (exact) mass is 604 g/mol. The molecule has 1 unspecified atom stereocenters. The summed E-state index contributed by atoms with van der Waals surface area (Å²) in [5.41, 5.74) is -1.24. The number of hydrogen-bond acceptors (Lipinski definition) is 8. The number of tetrazole rings is 1. The molecule has 0 saturated heterocycles. The van der Waals surface area contributed by atoms with Crippen molar-refractivity contribution in [3.8, 4) is 11.4 Å². The average molecular weight is 605 g/mol. The number of nitrogens with zero attached hydrogens (tertiary/aromatic N) is 6. The van der Waals surface area contributed by atoms with Crippen LogP contribution in [0.15, 0.2) is 87.8 Å². The molecule has 3 N–H and O–H groups in total. The third-order valence-electron chi connectivity index (χ3n) is 6.23. The first-order valence-electron chi connectivity index (χ1n) is 11.8. The second kappa shape index (κ2) is 10.6. The van der Waals surface area contributed by atoms with E-state index in [1.165, 1.54) is 7.05 Å². The molecule has 1 aromatic heterocycles. The second-order valence-corrected chi connectivity index (χ2v) is 11.0. The van der Waals surface area contributed by atoms with Crippen LogP contribution in [0.1, 0.15) is 16.7 Å². The number of β-amino-alcohol motifs (C(OH)–C–C–N with tert-alkyl or cyclic N) is 1. The summed E-state index contributed by atoms with van der Waals surface area (Å²) in [6.45, 7) is -0.287. The topological polar surface area (TPSA) is 149 Å². The van der Waals surface area contributed by atoms with Crippen molar-refractivity contribution in [3.63, 3.8) is 0 Å². The van der Waals surface area contributed by atoms with Gasteiger partial charge in [0, 0.05) is 23.2 Å². The molecule has 3 aromatic carbocycles. The molecule has 0 saturated carbocycles. The summed E-state index contributed by atoms with van der Waals surface area (Å²) in [4.78, 5) is 3.34. The summed E-state index contributed by atoms with van der Waals surface area (Å²) < 4.78 is 67.9. The van der Waals surface area contributed by atoms with Crippen LogP contribution in [0.3, 0.4) is 0 Å². The van der Waals surface area contributed by atoms with E-state index in [0.29, 0.717) is 33.6 Å². The molecule has 5 rings (SSSR count). The Morgan fingerprint density at radius 1 is 1.10 bits per heavy atom. The molecule has 0 fully saturated rings. The smallest absolute Gasteiger partial charge is 0.377 e. The summed E-state index contributed by atoms with van der Waals surface area (Å²) in [7, 11) is -3.25. The number of aromatic nitrogens is 4. The van der Waals surface area contributed by atoms with Gasteiger partial charge < -0.3 is 5.11 Å². The van der Waals surface area contributed by atoms with E-state index in [1.807, 2.05) is 0 Å². The number of sulfonamides is 1. The zero-order valence-corrected chi connectivity index (χ0v) is 22.6. The number of alkyl halides is 3. The molecule has 2 heterocycles. The van der Waals surface area contributed by atoms with Crippen LogP contribution in [0.25, 0.3) is 11.4 Å². The Kier molecular flexibility index (Phi) is 7.27. The number of rotatable bonds is 5. The lowest BCUT2D eigenvalue weighted by atomic mass is 9.85. The minimum absolute atomic E-state index is 0.154.